The Morgan fingerprint density at radius 1 is 1.33 bits per heavy atom. The minimum absolute atomic E-state index is 0.494. The highest BCUT2D eigenvalue weighted by Crippen LogP contribution is 2.28. The molecule has 1 N–H and O–H groups in total. The molecule has 0 saturated heterocycles. The van der Waals surface area contributed by atoms with Gasteiger partial charge in [-0.3, -0.25) is 0 Å². The number of halogens is 1. The number of rotatable bonds is 4. The lowest BCUT2D eigenvalue weighted by atomic mass is 10.3. The monoisotopic (exact) mass is 281 g/mol. The molecule has 1 aromatic carbocycles. The molecule has 0 aliphatic carbocycles. The van der Waals surface area contributed by atoms with E-state index in [2.05, 4.69) is 15.3 Å². The van der Waals surface area contributed by atoms with Gasteiger partial charge in [-0.2, -0.15) is 0 Å². The van der Waals surface area contributed by atoms with Gasteiger partial charge in [0.05, 0.1) is 24.0 Å². The van der Waals surface area contributed by atoms with Crippen LogP contribution in [0.2, 0.25) is 5.02 Å². The van der Waals surface area contributed by atoms with Gasteiger partial charge in [0, 0.05) is 0 Å². The van der Waals surface area contributed by atoms with Crippen molar-refractivity contribution >= 4 is 35.0 Å². The van der Waals surface area contributed by atoms with Gasteiger partial charge in [-0.1, -0.05) is 23.7 Å². The maximum Gasteiger partial charge on any atom is 0.228 e. The van der Waals surface area contributed by atoms with Gasteiger partial charge in [-0.05, 0) is 18.4 Å². The quantitative estimate of drug-likeness (QED) is 0.685. The Labute approximate surface area is 115 Å². The molecule has 0 fully saturated rings. The number of nitrogens with zero attached hydrogens (tertiary/aromatic N) is 2. The van der Waals surface area contributed by atoms with E-state index in [-0.39, 0.29) is 0 Å². The minimum Gasteiger partial charge on any atom is -0.495 e. The fourth-order valence-corrected chi connectivity index (χ4v) is 2.17. The van der Waals surface area contributed by atoms with Gasteiger partial charge >= 0.3 is 0 Å². The number of para-hydroxylation sites is 2. The number of ether oxygens (including phenoxy) is 1. The zero-order valence-electron chi connectivity index (χ0n) is 9.98. The first-order valence-corrected chi connectivity index (χ1v) is 6.81. The Hall–Kier alpha value is -1.46. The summed E-state index contributed by atoms with van der Waals surface area (Å²) in [5, 5.41) is 4.40. The van der Waals surface area contributed by atoms with Crippen molar-refractivity contribution in [3.63, 3.8) is 0 Å². The summed E-state index contributed by atoms with van der Waals surface area (Å²) in [5.74, 6) is 1.23. The highest BCUT2D eigenvalue weighted by atomic mass is 35.5. The van der Waals surface area contributed by atoms with Crippen molar-refractivity contribution in [3.05, 3.63) is 35.5 Å². The largest absolute Gasteiger partial charge is 0.495 e. The Morgan fingerprint density at radius 3 is 2.83 bits per heavy atom. The second-order valence-corrected chi connectivity index (χ2v) is 4.58. The van der Waals surface area contributed by atoms with Crippen molar-refractivity contribution < 1.29 is 4.74 Å². The van der Waals surface area contributed by atoms with Crippen molar-refractivity contribution in [1.82, 2.24) is 9.97 Å². The van der Waals surface area contributed by atoms with Crippen molar-refractivity contribution in [2.75, 3.05) is 18.7 Å². The standard InChI is InChI=1S/C12H12ClN3OS/c1-17-10-6-4-3-5-9(10)15-12-14-7-8(13)11(16-12)18-2/h3-7H,1-2H3,(H,14,15,16). The fourth-order valence-electron chi connectivity index (χ4n) is 1.42. The van der Waals surface area contributed by atoms with Crippen molar-refractivity contribution in [2.45, 2.75) is 5.03 Å². The zero-order chi connectivity index (χ0) is 13.0. The summed E-state index contributed by atoms with van der Waals surface area (Å²) in [6.07, 6.45) is 3.50. The van der Waals surface area contributed by atoms with E-state index in [0.29, 0.717) is 11.0 Å². The number of thioether (sulfide) groups is 1. The summed E-state index contributed by atoms with van der Waals surface area (Å²) >= 11 is 7.44. The number of aromatic nitrogens is 2. The van der Waals surface area contributed by atoms with E-state index in [1.54, 1.807) is 13.3 Å². The number of hydrogen-bond donors (Lipinski definition) is 1. The molecule has 0 amide bonds. The third-order valence-electron chi connectivity index (χ3n) is 2.26. The van der Waals surface area contributed by atoms with E-state index >= 15 is 0 Å². The zero-order valence-corrected chi connectivity index (χ0v) is 11.5. The molecule has 0 aliphatic rings. The van der Waals surface area contributed by atoms with Gasteiger partial charge in [0.1, 0.15) is 10.8 Å². The van der Waals surface area contributed by atoms with Crippen LogP contribution in [-0.2, 0) is 0 Å². The molecule has 94 valence electrons. The third kappa shape index (κ3) is 2.86. The Kier molecular flexibility index (Phi) is 4.28. The molecule has 0 saturated carbocycles. The summed E-state index contributed by atoms with van der Waals surface area (Å²) in [6, 6.07) is 7.58. The average molecular weight is 282 g/mol. The Bertz CT molecular complexity index is 551. The lowest BCUT2D eigenvalue weighted by Gasteiger charge is -2.10. The molecule has 0 spiro atoms. The molecule has 2 rings (SSSR count). The normalized spacial score (nSPS) is 10.2. The van der Waals surface area contributed by atoms with Crippen LogP contribution in [0.4, 0.5) is 11.6 Å². The smallest absolute Gasteiger partial charge is 0.228 e. The molecule has 0 unspecified atom stereocenters. The maximum absolute atomic E-state index is 5.96. The maximum atomic E-state index is 5.96. The predicted molar refractivity (Wildman–Crippen MR) is 75.1 cm³/mol. The van der Waals surface area contributed by atoms with E-state index in [0.717, 1.165) is 16.5 Å². The molecule has 0 aliphatic heterocycles. The predicted octanol–water partition coefficient (Wildman–Crippen LogP) is 3.60. The van der Waals surface area contributed by atoms with Crippen molar-refractivity contribution in [1.29, 1.82) is 0 Å². The molecular weight excluding hydrogens is 270 g/mol. The molecule has 1 heterocycles. The first-order valence-electron chi connectivity index (χ1n) is 5.21. The lowest BCUT2D eigenvalue weighted by Crippen LogP contribution is -1.99. The van der Waals surface area contributed by atoms with Gasteiger partial charge in [0.25, 0.3) is 0 Å². The fraction of sp³-hybridized carbons (Fsp3) is 0.167. The van der Waals surface area contributed by atoms with E-state index in [1.807, 2.05) is 30.5 Å². The van der Waals surface area contributed by atoms with Gasteiger partial charge in [-0.25, -0.2) is 9.97 Å². The molecule has 18 heavy (non-hydrogen) atoms. The summed E-state index contributed by atoms with van der Waals surface area (Å²) < 4.78 is 5.25. The minimum atomic E-state index is 0.494. The summed E-state index contributed by atoms with van der Waals surface area (Å²) in [4.78, 5) is 8.45. The molecule has 0 atom stereocenters. The molecule has 1 aromatic heterocycles. The van der Waals surface area contributed by atoms with Gasteiger partial charge in [-0.15, -0.1) is 11.8 Å². The molecule has 6 heteroatoms. The SMILES string of the molecule is COc1ccccc1Nc1ncc(Cl)c(SC)n1. The number of methoxy groups -OCH3 is 1. The number of benzene rings is 1. The molecule has 4 nitrogen and oxygen atoms in total. The van der Waals surface area contributed by atoms with Crippen LogP contribution < -0.4 is 10.1 Å². The second kappa shape index (κ2) is 5.93. The van der Waals surface area contributed by atoms with Crippen molar-refractivity contribution in [2.24, 2.45) is 0 Å². The van der Waals surface area contributed by atoms with Crippen LogP contribution in [0.3, 0.4) is 0 Å². The summed E-state index contributed by atoms with van der Waals surface area (Å²) in [7, 11) is 1.62. The van der Waals surface area contributed by atoms with E-state index < -0.39 is 0 Å². The van der Waals surface area contributed by atoms with E-state index in [9.17, 15) is 0 Å². The molecule has 0 bridgehead atoms. The number of anilines is 2. The summed E-state index contributed by atoms with van der Waals surface area (Å²) in [5.41, 5.74) is 0.814. The Balaban J connectivity index is 2.28. The van der Waals surface area contributed by atoms with Gasteiger partial charge in [0.2, 0.25) is 5.95 Å². The van der Waals surface area contributed by atoms with Crippen LogP contribution in [0.1, 0.15) is 0 Å². The van der Waals surface area contributed by atoms with Crippen LogP contribution in [0.25, 0.3) is 0 Å². The van der Waals surface area contributed by atoms with E-state index in [4.69, 9.17) is 16.3 Å². The van der Waals surface area contributed by atoms with E-state index in [1.165, 1.54) is 11.8 Å². The van der Waals surface area contributed by atoms with Crippen LogP contribution in [0.5, 0.6) is 5.75 Å². The molecule has 2 aromatic rings. The first kappa shape index (κ1) is 13.0. The van der Waals surface area contributed by atoms with Crippen LogP contribution in [0, 0.1) is 0 Å². The average Bonchev–Trinajstić information content (AvgIpc) is 2.41. The highest BCUT2D eigenvalue weighted by molar-refractivity contribution is 7.98. The van der Waals surface area contributed by atoms with Crippen molar-refractivity contribution in [3.8, 4) is 5.75 Å². The van der Waals surface area contributed by atoms with Crippen LogP contribution in [0.15, 0.2) is 35.5 Å². The molecular formula is C12H12ClN3OS. The Morgan fingerprint density at radius 2 is 2.11 bits per heavy atom. The number of hydrogen-bond acceptors (Lipinski definition) is 5. The van der Waals surface area contributed by atoms with Gasteiger partial charge in [0.15, 0.2) is 0 Å². The first-order chi connectivity index (χ1) is 8.74. The highest BCUT2D eigenvalue weighted by Gasteiger charge is 2.07. The topological polar surface area (TPSA) is 47.0 Å². The molecule has 0 radical (unpaired) electrons. The van der Waals surface area contributed by atoms with Gasteiger partial charge < -0.3 is 10.1 Å². The second-order valence-electron chi connectivity index (χ2n) is 3.38. The van der Waals surface area contributed by atoms with Crippen LogP contribution >= 0.6 is 23.4 Å². The van der Waals surface area contributed by atoms with Crippen LogP contribution in [-0.4, -0.2) is 23.3 Å². The lowest BCUT2D eigenvalue weighted by molar-refractivity contribution is 0.417. The summed E-state index contributed by atoms with van der Waals surface area (Å²) in [6.45, 7) is 0. The third-order valence-corrected chi connectivity index (χ3v) is 3.35. The number of nitrogens with one attached hydrogen (secondary N) is 1.